The molecule has 1 atom stereocenters. The van der Waals surface area contributed by atoms with Crippen molar-refractivity contribution in [1.82, 2.24) is 0 Å². The number of carbonyl (C=O) groups excluding carboxylic acids is 2. The van der Waals surface area contributed by atoms with Crippen LogP contribution >= 0.6 is 11.3 Å². The third-order valence-electron chi connectivity index (χ3n) is 4.60. The van der Waals surface area contributed by atoms with Crippen LogP contribution in [-0.4, -0.2) is 64.6 Å². The highest BCUT2D eigenvalue weighted by Crippen LogP contribution is 2.28. The van der Waals surface area contributed by atoms with Gasteiger partial charge in [-0.3, -0.25) is 0 Å². The maximum absolute atomic E-state index is 10.5. The number of thiophene rings is 1. The van der Waals surface area contributed by atoms with Gasteiger partial charge in [0.2, 0.25) is 0 Å². The zero-order valence-corrected chi connectivity index (χ0v) is 22.0. The summed E-state index contributed by atoms with van der Waals surface area (Å²) in [5, 5.41) is 18.3. The Hall–Kier alpha value is -2.62. The van der Waals surface area contributed by atoms with E-state index in [2.05, 4.69) is 42.7 Å². The SMILES string of the molecule is Cc1cc2cc(OCCC[NH+](CCC[NH3+])CCCC[NH3+])ccc2s1.FC(F)F.O=C([O-])C(F)(F)F.O=C[O-]. The molecule has 0 aliphatic heterocycles. The average Bonchev–Trinajstić information content (AvgIpc) is 3.19. The number of carbonyl (C=O) groups is 2. The van der Waals surface area contributed by atoms with Gasteiger partial charge in [-0.2, -0.15) is 26.3 Å². The Kier molecular flexibility index (Phi) is 22.1. The van der Waals surface area contributed by atoms with E-state index in [-0.39, 0.29) is 0 Å². The van der Waals surface area contributed by atoms with Crippen LogP contribution in [0.5, 0.6) is 5.75 Å². The number of benzene rings is 1. The van der Waals surface area contributed by atoms with Gasteiger partial charge in [0.15, 0.2) is 0 Å². The van der Waals surface area contributed by atoms with Gasteiger partial charge >= 0.3 is 12.9 Å². The molecule has 0 bridgehead atoms. The molecule has 0 aliphatic carbocycles. The minimum Gasteiger partial charge on any atom is -0.554 e. The summed E-state index contributed by atoms with van der Waals surface area (Å²) in [7, 11) is 0. The minimum absolute atomic E-state index is 0.500. The smallest absolute Gasteiger partial charge is 0.430 e. The molecule has 1 unspecified atom stereocenters. The third-order valence-corrected chi connectivity index (χ3v) is 5.63. The molecule has 15 heteroatoms. The maximum Gasteiger partial charge on any atom is 0.430 e. The number of alkyl halides is 6. The van der Waals surface area contributed by atoms with Crippen molar-refractivity contribution in [2.24, 2.45) is 0 Å². The second-order valence-electron chi connectivity index (χ2n) is 7.66. The number of hydrogen-bond donors (Lipinski definition) is 3. The molecule has 1 aromatic carbocycles. The molecule has 220 valence electrons. The van der Waals surface area contributed by atoms with Gasteiger partial charge in [-0.15, -0.1) is 11.3 Å². The predicted octanol–water partition coefficient (Wildman–Crippen LogP) is -0.639. The minimum atomic E-state index is -5.19. The highest BCUT2D eigenvalue weighted by Gasteiger charge is 2.28. The van der Waals surface area contributed by atoms with Crippen LogP contribution in [-0.2, 0) is 9.59 Å². The number of halogens is 6. The summed E-state index contributed by atoms with van der Waals surface area (Å²) in [5.41, 5.74) is 7.91. The zero-order chi connectivity index (χ0) is 29.6. The number of aryl methyl sites for hydroxylation is 1. The van der Waals surface area contributed by atoms with E-state index >= 15 is 0 Å². The van der Waals surface area contributed by atoms with Crippen molar-refractivity contribution in [2.75, 3.05) is 39.3 Å². The van der Waals surface area contributed by atoms with Gasteiger partial charge in [0.05, 0.1) is 39.3 Å². The Morgan fingerprint density at radius 3 is 2.05 bits per heavy atom. The van der Waals surface area contributed by atoms with Crippen molar-refractivity contribution >= 4 is 33.9 Å². The van der Waals surface area contributed by atoms with Crippen LogP contribution in [0.1, 0.15) is 30.6 Å². The van der Waals surface area contributed by atoms with Crippen molar-refractivity contribution in [3.63, 3.8) is 0 Å². The van der Waals surface area contributed by atoms with Gasteiger partial charge in [0.1, 0.15) is 11.7 Å². The summed E-state index contributed by atoms with van der Waals surface area (Å²) in [6, 6.07) is 8.67. The summed E-state index contributed by atoms with van der Waals surface area (Å²) >= 11 is 1.84. The fourth-order valence-corrected chi connectivity index (χ4v) is 3.96. The largest absolute Gasteiger partial charge is 0.554 e. The number of hydrogen-bond acceptors (Lipinski definition) is 6. The number of aliphatic carboxylic acids is 1. The zero-order valence-electron chi connectivity index (χ0n) is 21.2. The number of rotatable bonds is 12. The van der Waals surface area contributed by atoms with E-state index in [1.54, 1.807) is 4.90 Å². The van der Waals surface area contributed by atoms with Crippen molar-refractivity contribution in [3.8, 4) is 5.75 Å². The summed E-state index contributed by atoms with van der Waals surface area (Å²) in [4.78, 5) is 20.1. The average molecular weight is 581 g/mol. The Bertz CT molecular complexity index is 884. The van der Waals surface area contributed by atoms with E-state index in [1.165, 1.54) is 53.9 Å². The Labute approximate surface area is 221 Å². The van der Waals surface area contributed by atoms with Gasteiger partial charge in [0, 0.05) is 41.7 Å². The van der Waals surface area contributed by atoms with Gasteiger partial charge in [-0.25, -0.2) is 0 Å². The van der Waals surface area contributed by atoms with Crippen LogP contribution in [0, 0.1) is 6.92 Å². The second kappa shape index (κ2) is 22.4. The van der Waals surface area contributed by atoms with E-state index in [1.807, 2.05) is 11.3 Å². The first-order valence-corrected chi connectivity index (χ1v) is 12.4. The lowest BCUT2D eigenvalue weighted by Crippen LogP contribution is -3.12. The summed E-state index contributed by atoms with van der Waals surface area (Å²) in [6.07, 6.45) is -0.345. The fraction of sp³-hybridized carbons (Fsp3) is 0.565. The molecule has 2 aromatic rings. The standard InChI is InChI=1S/C19H31N3OS.C2HF3O2.CHF3.CH2O2/c1-16-14-17-15-18(6-7-19(17)24-16)23-13-5-12-22(11-4-9-21)10-3-2-8-20;3-2(4,5)1(6)7;2-1(3)4;2-1-3/h6-7,14-15H,2-5,8-13,20-21H2,1H3;(H,6,7);1H;1H,(H,2,3)/p+1. The molecular formula is C23H36F6N3O5S+. The molecule has 0 aliphatic rings. The molecule has 7 N–H and O–H groups in total. The number of unbranched alkanes of at least 4 members (excludes halogenated alkanes) is 1. The van der Waals surface area contributed by atoms with E-state index in [9.17, 15) is 26.3 Å². The molecule has 0 spiro atoms. The highest BCUT2D eigenvalue weighted by atomic mass is 32.1. The van der Waals surface area contributed by atoms with Gasteiger partial charge in [-0.1, -0.05) is 0 Å². The molecule has 0 amide bonds. The topological polar surface area (TPSA) is 149 Å². The van der Waals surface area contributed by atoms with Crippen LogP contribution in [0.15, 0.2) is 24.3 Å². The van der Waals surface area contributed by atoms with Gasteiger partial charge < -0.3 is 40.9 Å². The summed E-state index contributed by atoms with van der Waals surface area (Å²) < 4.78 is 67.9. The van der Waals surface area contributed by atoms with Crippen LogP contribution in [0.25, 0.3) is 10.1 Å². The molecular weight excluding hydrogens is 544 g/mol. The third kappa shape index (κ3) is 21.5. The Morgan fingerprint density at radius 2 is 1.55 bits per heavy atom. The molecule has 0 fully saturated rings. The quantitative estimate of drug-likeness (QED) is 0.174. The molecule has 8 nitrogen and oxygen atoms in total. The predicted molar refractivity (Wildman–Crippen MR) is 126 cm³/mol. The molecule has 0 radical (unpaired) electrons. The molecule has 1 heterocycles. The van der Waals surface area contributed by atoms with Crippen molar-refractivity contribution < 1.29 is 67.2 Å². The first-order valence-electron chi connectivity index (χ1n) is 11.6. The lowest BCUT2D eigenvalue weighted by molar-refractivity contribution is -0.901. The number of carboxylic acids is 1. The lowest BCUT2D eigenvalue weighted by Gasteiger charge is -2.18. The molecule has 38 heavy (non-hydrogen) atoms. The van der Waals surface area contributed by atoms with E-state index in [4.69, 9.17) is 24.5 Å². The number of carboxylic acid groups (broad SMARTS) is 2. The monoisotopic (exact) mass is 580 g/mol. The van der Waals surface area contributed by atoms with Crippen LogP contribution in [0.4, 0.5) is 26.3 Å². The number of nitrogens with one attached hydrogen (secondary N) is 1. The molecule has 2 rings (SSSR count). The molecule has 0 saturated carbocycles. The maximum atomic E-state index is 10.5. The van der Waals surface area contributed by atoms with Gasteiger partial charge in [-0.05, 0) is 36.6 Å². The summed E-state index contributed by atoms with van der Waals surface area (Å²) in [5.74, 6) is -2.01. The number of fused-ring (bicyclic) bond motifs is 1. The number of quaternary nitrogens is 3. The van der Waals surface area contributed by atoms with Crippen molar-refractivity contribution in [3.05, 3.63) is 29.1 Å². The first-order chi connectivity index (χ1) is 17.8. The van der Waals surface area contributed by atoms with Crippen molar-refractivity contribution in [1.29, 1.82) is 0 Å². The Balaban J connectivity index is 0. The lowest BCUT2D eigenvalue weighted by atomic mass is 10.2. The van der Waals surface area contributed by atoms with Gasteiger partial charge in [0.25, 0.3) is 0 Å². The van der Waals surface area contributed by atoms with E-state index < -0.39 is 25.3 Å². The normalized spacial score (nSPS) is 11.3. The Morgan fingerprint density at radius 1 is 1.05 bits per heavy atom. The molecule has 1 aromatic heterocycles. The summed E-state index contributed by atoms with van der Waals surface area (Å²) in [6.45, 7) is 4.57. The highest BCUT2D eigenvalue weighted by molar-refractivity contribution is 7.19. The van der Waals surface area contributed by atoms with Crippen LogP contribution in [0.3, 0.4) is 0 Å². The van der Waals surface area contributed by atoms with E-state index in [0.717, 1.165) is 31.9 Å². The first kappa shape index (κ1) is 37.5. The number of ether oxygens (including phenoxy) is 1. The second-order valence-corrected chi connectivity index (χ2v) is 8.94. The molecule has 0 saturated heterocycles. The van der Waals surface area contributed by atoms with E-state index in [0.29, 0.717) is 0 Å². The van der Waals surface area contributed by atoms with Crippen LogP contribution in [0.2, 0.25) is 0 Å². The fourth-order valence-electron chi connectivity index (χ4n) is 3.06. The van der Waals surface area contributed by atoms with Crippen molar-refractivity contribution in [2.45, 2.75) is 45.5 Å². The van der Waals surface area contributed by atoms with Crippen LogP contribution < -0.4 is 31.3 Å².